The van der Waals surface area contributed by atoms with E-state index in [1.54, 1.807) is 36.1 Å². The predicted octanol–water partition coefficient (Wildman–Crippen LogP) is 4.13. The molecule has 2 aromatic rings. The highest BCUT2D eigenvalue weighted by atomic mass is 32.2. The van der Waals surface area contributed by atoms with Crippen molar-refractivity contribution in [3.8, 4) is 0 Å². The van der Waals surface area contributed by atoms with Crippen LogP contribution < -0.4 is 5.32 Å². The van der Waals surface area contributed by atoms with Crippen LogP contribution in [0.3, 0.4) is 0 Å². The lowest BCUT2D eigenvalue weighted by molar-refractivity contribution is -0.140. The second kappa shape index (κ2) is 13.6. The van der Waals surface area contributed by atoms with Crippen LogP contribution in [0.2, 0.25) is 0 Å². The molecule has 0 radical (unpaired) electrons. The van der Waals surface area contributed by atoms with Gasteiger partial charge in [0.2, 0.25) is 21.8 Å². The zero-order valence-electron chi connectivity index (χ0n) is 21.5. The third-order valence-corrected chi connectivity index (χ3v) is 8.61. The molecule has 0 aromatic heterocycles. The number of carbonyl (C=O) groups excluding carboxylic acids is 2. The zero-order chi connectivity index (χ0) is 26.0. The van der Waals surface area contributed by atoms with Crippen LogP contribution in [-0.2, 0) is 32.6 Å². The van der Waals surface area contributed by atoms with Crippen molar-refractivity contribution in [1.82, 2.24) is 14.5 Å². The van der Waals surface area contributed by atoms with Crippen molar-refractivity contribution in [2.45, 2.75) is 76.3 Å². The Hall–Kier alpha value is -2.71. The van der Waals surface area contributed by atoms with Crippen LogP contribution in [0.5, 0.6) is 0 Å². The SMILES string of the molecule is CCCCCNC(=O)[C@@H](C)N(Cc1ccccc1)C(=O)CCc1ccc(S(=O)(=O)N2CCCC2)cc1. The van der Waals surface area contributed by atoms with Gasteiger partial charge in [-0.05, 0) is 55.9 Å². The Kier molecular flexibility index (Phi) is 10.5. The molecule has 1 aliphatic rings. The number of benzene rings is 2. The van der Waals surface area contributed by atoms with Crippen LogP contribution in [-0.4, -0.2) is 55.1 Å². The van der Waals surface area contributed by atoms with Crippen molar-refractivity contribution in [2.75, 3.05) is 19.6 Å². The molecular formula is C28H39N3O4S. The summed E-state index contributed by atoms with van der Waals surface area (Å²) in [6, 6.07) is 15.9. The number of sulfonamides is 1. The van der Waals surface area contributed by atoms with Crippen molar-refractivity contribution in [3.05, 3.63) is 65.7 Å². The van der Waals surface area contributed by atoms with Crippen LogP contribution in [0.25, 0.3) is 0 Å². The molecule has 1 N–H and O–H groups in total. The first kappa shape index (κ1) is 27.9. The molecule has 196 valence electrons. The Morgan fingerprint density at radius 3 is 2.28 bits per heavy atom. The molecule has 1 atom stereocenters. The fraction of sp³-hybridized carbons (Fsp3) is 0.500. The Morgan fingerprint density at radius 1 is 0.972 bits per heavy atom. The number of rotatable bonds is 13. The van der Waals surface area contributed by atoms with Crippen molar-refractivity contribution in [3.63, 3.8) is 0 Å². The lowest BCUT2D eigenvalue weighted by Crippen LogP contribution is -2.47. The lowest BCUT2D eigenvalue weighted by atomic mass is 10.1. The van der Waals surface area contributed by atoms with Crippen molar-refractivity contribution in [2.24, 2.45) is 0 Å². The van der Waals surface area contributed by atoms with Gasteiger partial charge in [-0.25, -0.2) is 8.42 Å². The van der Waals surface area contributed by atoms with Gasteiger partial charge in [0.25, 0.3) is 0 Å². The normalized spacial score (nSPS) is 14.9. The van der Waals surface area contributed by atoms with Gasteiger partial charge in [-0.2, -0.15) is 4.31 Å². The Morgan fingerprint density at radius 2 is 1.64 bits per heavy atom. The van der Waals surface area contributed by atoms with E-state index < -0.39 is 16.1 Å². The number of amides is 2. The van der Waals surface area contributed by atoms with Gasteiger partial charge >= 0.3 is 0 Å². The summed E-state index contributed by atoms with van der Waals surface area (Å²) in [5, 5.41) is 2.96. The van der Waals surface area contributed by atoms with Gasteiger partial charge in [0.1, 0.15) is 6.04 Å². The molecule has 8 heteroatoms. The maximum absolute atomic E-state index is 13.3. The lowest BCUT2D eigenvalue weighted by Gasteiger charge is -2.29. The number of aryl methyl sites for hydroxylation is 1. The van der Waals surface area contributed by atoms with Crippen LogP contribution in [0.15, 0.2) is 59.5 Å². The van der Waals surface area contributed by atoms with Gasteiger partial charge in [-0.1, -0.05) is 62.2 Å². The number of hydrogen-bond acceptors (Lipinski definition) is 4. The molecule has 0 saturated carbocycles. The smallest absolute Gasteiger partial charge is 0.243 e. The summed E-state index contributed by atoms with van der Waals surface area (Å²) < 4.78 is 27.0. The Bertz CT molecular complexity index is 1080. The minimum atomic E-state index is -3.45. The Labute approximate surface area is 215 Å². The summed E-state index contributed by atoms with van der Waals surface area (Å²) in [4.78, 5) is 28.0. The molecule has 36 heavy (non-hydrogen) atoms. The highest BCUT2D eigenvalue weighted by Gasteiger charge is 2.28. The Balaban J connectivity index is 1.64. The number of nitrogens with one attached hydrogen (secondary N) is 1. The van der Waals surface area contributed by atoms with Gasteiger partial charge < -0.3 is 10.2 Å². The molecule has 3 rings (SSSR count). The van der Waals surface area contributed by atoms with Crippen molar-refractivity contribution >= 4 is 21.8 Å². The molecule has 1 fully saturated rings. The molecular weight excluding hydrogens is 474 g/mol. The second-order valence-electron chi connectivity index (χ2n) is 9.44. The van der Waals surface area contributed by atoms with E-state index in [0.717, 1.165) is 43.2 Å². The molecule has 7 nitrogen and oxygen atoms in total. The van der Waals surface area contributed by atoms with Gasteiger partial charge in [0, 0.05) is 32.6 Å². The molecule has 1 saturated heterocycles. The number of hydrogen-bond donors (Lipinski definition) is 1. The van der Waals surface area contributed by atoms with Crippen LogP contribution in [0.1, 0.15) is 63.5 Å². The first-order chi connectivity index (χ1) is 17.3. The minimum Gasteiger partial charge on any atom is -0.354 e. The monoisotopic (exact) mass is 513 g/mol. The summed E-state index contributed by atoms with van der Waals surface area (Å²) >= 11 is 0. The van der Waals surface area contributed by atoms with Gasteiger partial charge in [-0.3, -0.25) is 9.59 Å². The third kappa shape index (κ3) is 7.64. The standard InChI is InChI=1S/C28H39N3O4S/c1-3-4-8-19-29-28(33)23(2)31(22-25-11-6-5-7-12-25)27(32)18-15-24-13-16-26(17-14-24)36(34,35)30-20-9-10-21-30/h5-7,11-14,16-17,23H,3-4,8-10,15,18-22H2,1-2H3,(H,29,33)/t23-/m1/s1. The highest BCUT2D eigenvalue weighted by Crippen LogP contribution is 2.21. The van der Waals surface area contributed by atoms with E-state index in [1.807, 2.05) is 30.3 Å². The van der Waals surface area contributed by atoms with E-state index in [0.29, 0.717) is 37.5 Å². The minimum absolute atomic E-state index is 0.108. The maximum Gasteiger partial charge on any atom is 0.243 e. The molecule has 0 spiro atoms. The van der Waals surface area contributed by atoms with E-state index in [2.05, 4.69) is 12.2 Å². The average Bonchev–Trinajstić information content (AvgIpc) is 3.45. The summed E-state index contributed by atoms with van der Waals surface area (Å²) in [5.41, 5.74) is 1.85. The van der Waals surface area contributed by atoms with Gasteiger partial charge in [0.05, 0.1) is 4.90 Å². The van der Waals surface area contributed by atoms with Crippen molar-refractivity contribution in [1.29, 1.82) is 0 Å². The first-order valence-electron chi connectivity index (χ1n) is 13.0. The van der Waals surface area contributed by atoms with Gasteiger partial charge in [0.15, 0.2) is 0 Å². The average molecular weight is 514 g/mol. The van der Waals surface area contributed by atoms with Crippen LogP contribution >= 0.6 is 0 Å². The van der Waals surface area contributed by atoms with Crippen LogP contribution in [0.4, 0.5) is 0 Å². The summed E-state index contributed by atoms with van der Waals surface area (Å²) in [6.07, 6.45) is 5.55. The third-order valence-electron chi connectivity index (χ3n) is 6.70. The molecule has 1 aliphatic heterocycles. The van der Waals surface area contributed by atoms with Gasteiger partial charge in [-0.15, -0.1) is 0 Å². The fourth-order valence-electron chi connectivity index (χ4n) is 4.40. The topological polar surface area (TPSA) is 86.8 Å². The molecule has 1 heterocycles. The molecule has 2 amide bonds. The molecule has 0 aliphatic carbocycles. The van der Waals surface area contributed by atoms with E-state index >= 15 is 0 Å². The van der Waals surface area contributed by atoms with E-state index in [-0.39, 0.29) is 18.2 Å². The molecule has 2 aromatic carbocycles. The fourth-order valence-corrected chi connectivity index (χ4v) is 5.91. The second-order valence-corrected chi connectivity index (χ2v) is 11.4. The maximum atomic E-state index is 13.3. The predicted molar refractivity (Wildman–Crippen MR) is 142 cm³/mol. The summed E-state index contributed by atoms with van der Waals surface area (Å²) in [5.74, 6) is -0.254. The summed E-state index contributed by atoms with van der Waals surface area (Å²) in [7, 11) is -3.45. The van der Waals surface area contributed by atoms with E-state index in [4.69, 9.17) is 0 Å². The first-order valence-corrected chi connectivity index (χ1v) is 14.5. The largest absolute Gasteiger partial charge is 0.354 e. The van der Waals surface area contributed by atoms with Crippen LogP contribution in [0, 0.1) is 0 Å². The van der Waals surface area contributed by atoms with E-state index in [9.17, 15) is 18.0 Å². The molecule has 0 unspecified atom stereocenters. The quantitative estimate of drug-likeness (QED) is 0.408. The number of nitrogens with zero attached hydrogens (tertiary/aromatic N) is 2. The van der Waals surface area contributed by atoms with E-state index in [1.165, 1.54) is 4.31 Å². The van der Waals surface area contributed by atoms with Crippen molar-refractivity contribution < 1.29 is 18.0 Å². The zero-order valence-corrected chi connectivity index (χ0v) is 22.3. The number of unbranched alkanes of at least 4 members (excludes halogenated alkanes) is 2. The highest BCUT2D eigenvalue weighted by molar-refractivity contribution is 7.89. The number of carbonyl (C=O) groups is 2. The molecule has 0 bridgehead atoms. The summed E-state index contributed by atoms with van der Waals surface area (Å²) in [6.45, 7) is 5.99.